The molecule has 0 aromatic carbocycles. The van der Waals surface area contributed by atoms with Crippen LogP contribution in [0.4, 0.5) is 0 Å². The maximum Gasteiger partial charge on any atom is 0.354 e. The fourth-order valence-corrected chi connectivity index (χ4v) is 1.35. The number of carboxylic acids is 1. The largest absolute Gasteiger partial charge is 0.477 e. The summed E-state index contributed by atoms with van der Waals surface area (Å²) in [6, 6.07) is 1.55. The fourth-order valence-electron chi connectivity index (χ4n) is 1.35. The molecule has 1 unspecified atom stereocenters. The van der Waals surface area contributed by atoms with Crippen LogP contribution in [-0.2, 0) is 11.3 Å². The molecule has 0 aliphatic carbocycles. The molecule has 1 atom stereocenters. The number of nitrogens with one attached hydrogen (secondary N) is 1. The van der Waals surface area contributed by atoms with Gasteiger partial charge in [-0.1, -0.05) is 6.92 Å². The first-order chi connectivity index (χ1) is 8.04. The molecule has 0 saturated heterocycles. The first-order valence-electron chi connectivity index (χ1n) is 5.59. The third-order valence-corrected chi connectivity index (χ3v) is 2.51. The molecule has 0 aliphatic rings. The highest BCUT2D eigenvalue weighted by Crippen LogP contribution is 2.00. The Bertz CT molecular complexity index is 400. The zero-order valence-corrected chi connectivity index (χ0v) is 10.0. The van der Waals surface area contributed by atoms with Crippen LogP contribution in [0.15, 0.2) is 12.3 Å². The SMILES string of the molecule is CCC(C)NC(=O)CCn1nccc1C(=O)O. The van der Waals surface area contributed by atoms with Crippen molar-refractivity contribution in [3.63, 3.8) is 0 Å². The molecule has 1 aromatic rings. The number of amides is 1. The van der Waals surface area contributed by atoms with Gasteiger partial charge in [0.25, 0.3) is 0 Å². The number of nitrogens with zero attached hydrogens (tertiary/aromatic N) is 2. The van der Waals surface area contributed by atoms with E-state index in [1.165, 1.54) is 16.9 Å². The lowest BCUT2D eigenvalue weighted by Gasteiger charge is -2.11. The van der Waals surface area contributed by atoms with Crippen LogP contribution in [0, 0.1) is 0 Å². The number of carbonyl (C=O) groups excluding carboxylic acids is 1. The zero-order chi connectivity index (χ0) is 12.8. The van der Waals surface area contributed by atoms with Gasteiger partial charge in [-0.3, -0.25) is 9.48 Å². The lowest BCUT2D eigenvalue weighted by atomic mass is 10.2. The van der Waals surface area contributed by atoms with Crippen LogP contribution in [0.1, 0.15) is 37.2 Å². The van der Waals surface area contributed by atoms with E-state index in [2.05, 4.69) is 10.4 Å². The Morgan fingerprint density at radius 3 is 2.88 bits per heavy atom. The van der Waals surface area contributed by atoms with Crippen molar-refractivity contribution < 1.29 is 14.7 Å². The summed E-state index contributed by atoms with van der Waals surface area (Å²) in [5, 5.41) is 15.5. The highest BCUT2D eigenvalue weighted by molar-refractivity contribution is 5.85. The summed E-state index contributed by atoms with van der Waals surface area (Å²) in [6.45, 7) is 4.19. The Kier molecular flexibility index (Phi) is 4.68. The molecule has 0 bridgehead atoms. The molecule has 0 saturated carbocycles. The average Bonchev–Trinajstić information content (AvgIpc) is 2.74. The van der Waals surface area contributed by atoms with Crippen LogP contribution in [0.2, 0.25) is 0 Å². The molecule has 17 heavy (non-hydrogen) atoms. The van der Waals surface area contributed by atoms with E-state index in [1.807, 2.05) is 13.8 Å². The van der Waals surface area contributed by atoms with E-state index >= 15 is 0 Å². The number of hydrogen-bond donors (Lipinski definition) is 2. The van der Waals surface area contributed by atoms with E-state index in [1.54, 1.807) is 0 Å². The van der Waals surface area contributed by atoms with Gasteiger partial charge in [-0.25, -0.2) is 4.79 Å². The summed E-state index contributed by atoms with van der Waals surface area (Å²) >= 11 is 0. The van der Waals surface area contributed by atoms with Crippen molar-refractivity contribution in [3.05, 3.63) is 18.0 Å². The predicted molar refractivity (Wildman–Crippen MR) is 61.7 cm³/mol. The summed E-state index contributed by atoms with van der Waals surface area (Å²) in [5.41, 5.74) is 0.0985. The maximum absolute atomic E-state index is 11.5. The molecule has 6 nitrogen and oxygen atoms in total. The van der Waals surface area contributed by atoms with Gasteiger partial charge in [0.15, 0.2) is 0 Å². The number of hydrogen-bond acceptors (Lipinski definition) is 3. The number of carboxylic acid groups (broad SMARTS) is 1. The Balaban J connectivity index is 2.47. The summed E-state index contributed by atoms with van der Waals surface area (Å²) in [7, 11) is 0. The highest BCUT2D eigenvalue weighted by Gasteiger charge is 2.11. The van der Waals surface area contributed by atoms with Crippen LogP contribution in [-0.4, -0.2) is 32.8 Å². The van der Waals surface area contributed by atoms with Crippen LogP contribution < -0.4 is 5.32 Å². The van der Waals surface area contributed by atoms with E-state index in [0.29, 0.717) is 0 Å². The lowest BCUT2D eigenvalue weighted by Crippen LogP contribution is -2.32. The number of aryl methyl sites for hydroxylation is 1. The van der Waals surface area contributed by atoms with Gasteiger partial charge in [0, 0.05) is 18.7 Å². The predicted octanol–water partition coefficient (Wildman–Crippen LogP) is 0.886. The molecule has 0 fully saturated rings. The highest BCUT2D eigenvalue weighted by atomic mass is 16.4. The topological polar surface area (TPSA) is 84.2 Å². The van der Waals surface area contributed by atoms with Crippen LogP contribution >= 0.6 is 0 Å². The summed E-state index contributed by atoms with van der Waals surface area (Å²) < 4.78 is 1.32. The van der Waals surface area contributed by atoms with E-state index in [-0.39, 0.29) is 30.6 Å². The Hall–Kier alpha value is -1.85. The van der Waals surface area contributed by atoms with E-state index < -0.39 is 5.97 Å². The molecule has 0 spiro atoms. The van der Waals surface area contributed by atoms with Gasteiger partial charge in [0.05, 0.1) is 6.54 Å². The van der Waals surface area contributed by atoms with Crippen LogP contribution in [0.25, 0.3) is 0 Å². The molecule has 94 valence electrons. The van der Waals surface area contributed by atoms with Gasteiger partial charge in [-0.2, -0.15) is 5.10 Å². The van der Waals surface area contributed by atoms with Crippen molar-refractivity contribution in [2.24, 2.45) is 0 Å². The fraction of sp³-hybridized carbons (Fsp3) is 0.545. The molecule has 1 aromatic heterocycles. The van der Waals surface area contributed by atoms with Gasteiger partial charge < -0.3 is 10.4 Å². The molecular weight excluding hydrogens is 222 g/mol. The maximum atomic E-state index is 11.5. The van der Waals surface area contributed by atoms with Crippen molar-refractivity contribution in [1.29, 1.82) is 0 Å². The number of aromatic nitrogens is 2. The number of carbonyl (C=O) groups is 2. The normalized spacial score (nSPS) is 12.1. The molecule has 0 radical (unpaired) electrons. The third-order valence-electron chi connectivity index (χ3n) is 2.51. The molecule has 1 heterocycles. The van der Waals surface area contributed by atoms with Gasteiger partial charge in [-0.15, -0.1) is 0 Å². The van der Waals surface area contributed by atoms with E-state index in [4.69, 9.17) is 5.11 Å². The zero-order valence-electron chi connectivity index (χ0n) is 10.0. The van der Waals surface area contributed by atoms with Crippen molar-refractivity contribution in [2.45, 2.75) is 39.3 Å². The number of aromatic carboxylic acids is 1. The lowest BCUT2D eigenvalue weighted by molar-refractivity contribution is -0.122. The van der Waals surface area contributed by atoms with Crippen LogP contribution in [0.3, 0.4) is 0 Å². The minimum Gasteiger partial charge on any atom is -0.477 e. The van der Waals surface area contributed by atoms with Crippen molar-refractivity contribution in [1.82, 2.24) is 15.1 Å². The molecule has 1 rings (SSSR count). The Morgan fingerprint density at radius 2 is 2.29 bits per heavy atom. The van der Waals surface area contributed by atoms with Gasteiger partial charge in [-0.05, 0) is 19.4 Å². The van der Waals surface area contributed by atoms with E-state index in [9.17, 15) is 9.59 Å². The monoisotopic (exact) mass is 239 g/mol. The Morgan fingerprint density at radius 1 is 1.59 bits per heavy atom. The molecule has 6 heteroatoms. The van der Waals surface area contributed by atoms with Gasteiger partial charge in [0.1, 0.15) is 5.69 Å². The molecule has 0 aliphatic heterocycles. The smallest absolute Gasteiger partial charge is 0.354 e. The molecule has 1 amide bonds. The standard InChI is InChI=1S/C11H17N3O3/c1-3-8(2)13-10(15)5-7-14-9(11(16)17)4-6-12-14/h4,6,8H,3,5,7H2,1-2H3,(H,13,15)(H,16,17). The van der Waals surface area contributed by atoms with Gasteiger partial charge in [0.2, 0.25) is 5.91 Å². The van der Waals surface area contributed by atoms with Crippen molar-refractivity contribution in [3.8, 4) is 0 Å². The van der Waals surface area contributed by atoms with Crippen LogP contribution in [0.5, 0.6) is 0 Å². The quantitative estimate of drug-likeness (QED) is 0.772. The minimum atomic E-state index is -1.04. The minimum absolute atomic E-state index is 0.0915. The Labute approximate surface area is 99.6 Å². The van der Waals surface area contributed by atoms with E-state index in [0.717, 1.165) is 6.42 Å². The second-order valence-corrected chi connectivity index (χ2v) is 3.87. The van der Waals surface area contributed by atoms with Crippen molar-refractivity contribution >= 4 is 11.9 Å². The first-order valence-corrected chi connectivity index (χ1v) is 5.59. The van der Waals surface area contributed by atoms with Gasteiger partial charge >= 0.3 is 5.97 Å². The third kappa shape index (κ3) is 3.90. The molecule has 2 N–H and O–H groups in total. The van der Waals surface area contributed by atoms with Crippen molar-refractivity contribution in [2.75, 3.05) is 0 Å². The summed E-state index contributed by atoms with van der Waals surface area (Å²) in [4.78, 5) is 22.3. The average molecular weight is 239 g/mol. The summed E-state index contributed by atoms with van der Waals surface area (Å²) in [5.74, 6) is -1.13. The summed E-state index contributed by atoms with van der Waals surface area (Å²) in [6.07, 6.45) is 2.51. The second kappa shape index (κ2) is 6.03. The number of rotatable bonds is 6. The second-order valence-electron chi connectivity index (χ2n) is 3.87. The first kappa shape index (κ1) is 13.2. The molecular formula is C11H17N3O3.